The SMILES string of the molecule is CC(=O)c1ccc2c(c1)oc(=O)n2C(=O)c1cccc(C)c1. The fourth-order valence-electron chi connectivity index (χ4n) is 2.34. The molecule has 1 heterocycles. The van der Waals surface area contributed by atoms with Gasteiger partial charge in [0.15, 0.2) is 11.4 Å². The van der Waals surface area contributed by atoms with E-state index in [2.05, 4.69) is 0 Å². The van der Waals surface area contributed by atoms with Crippen LogP contribution in [0.4, 0.5) is 0 Å². The van der Waals surface area contributed by atoms with Gasteiger partial charge in [0, 0.05) is 11.1 Å². The minimum atomic E-state index is -0.762. The molecule has 110 valence electrons. The average Bonchev–Trinajstić information content (AvgIpc) is 2.81. The third-order valence-corrected chi connectivity index (χ3v) is 3.46. The summed E-state index contributed by atoms with van der Waals surface area (Å²) in [5.74, 6) is -1.35. The Morgan fingerprint density at radius 1 is 1.05 bits per heavy atom. The molecule has 3 rings (SSSR count). The van der Waals surface area contributed by atoms with Crippen molar-refractivity contribution in [3.63, 3.8) is 0 Å². The number of fused-ring (bicyclic) bond motifs is 1. The Kier molecular flexibility index (Phi) is 3.25. The molecule has 0 amide bonds. The summed E-state index contributed by atoms with van der Waals surface area (Å²) in [4.78, 5) is 35.9. The molecule has 0 aliphatic rings. The van der Waals surface area contributed by atoms with Crippen molar-refractivity contribution in [2.75, 3.05) is 0 Å². The van der Waals surface area contributed by atoms with E-state index in [4.69, 9.17) is 4.42 Å². The molecule has 0 bridgehead atoms. The Bertz CT molecular complexity index is 962. The number of aryl methyl sites for hydroxylation is 1. The number of benzene rings is 2. The van der Waals surface area contributed by atoms with Crippen molar-refractivity contribution >= 4 is 22.8 Å². The van der Waals surface area contributed by atoms with E-state index in [9.17, 15) is 14.4 Å². The third-order valence-electron chi connectivity index (χ3n) is 3.46. The van der Waals surface area contributed by atoms with Crippen molar-refractivity contribution in [1.82, 2.24) is 4.57 Å². The van der Waals surface area contributed by atoms with Gasteiger partial charge in [-0.25, -0.2) is 9.36 Å². The van der Waals surface area contributed by atoms with E-state index in [1.54, 1.807) is 30.3 Å². The topological polar surface area (TPSA) is 69.3 Å². The molecule has 0 radical (unpaired) electrons. The summed E-state index contributed by atoms with van der Waals surface area (Å²) in [6, 6.07) is 11.6. The number of rotatable bonds is 2. The smallest absolute Gasteiger partial charge is 0.407 e. The van der Waals surface area contributed by atoms with Crippen molar-refractivity contribution < 1.29 is 14.0 Å². The number of ketones is 1. The van der Waals surface area contributed by atoms with Crippen LogP contribution in [0, 0.1) is 6.92 Å². The molecule has 0 spiro atoms. The van der Waals surface area contributed by atoms with Gasteiger partial charge in [-0.1, -0.05) is 17.7 Å². The molecule has 5 nitrogen and oxygen atoms in total. The van der Waals surface area contributed by atoms with Crippen molar-refractivity contribution in [2.24, 2.45) is 0 Å². The molecule has 22 heavy (non-hydrogen) atoms. The molecule has 0 atom stereocenters. The molecule has 0 unspecified atom stereocenters. The van der Waals surface area contributed by atoms with Gasteiger partial charge < -0.3 is 4.42 Å². The van der Waals surface area contributed by atoms with E-state index < -0.39 is 11.7 Å². The van der Waals surface area contributed by atoms with Gasteiger partial charge in [0.05, 0.1) is 5.52 Å². The Balaban J connectivity index is 2.19. The summed E-state index contributed by atoms with van der Waals surface area (Å²) in [7, 11) is 0. The number of oxazole rings is 1. The highest BCUT2D eigenvalue weighted by atomic mass is 16.4. The minimum absolute atomic E-state index is 0.137. The number of hydrogen-bond donors (Lipinski definition) is 0. The first-order valence-electron chi connectivity index (χ1n) is 6.75. The van der Waals surface area contributed by atoms with Crippen LogP contribution < -0.4 is 5.76 Å². The lowest BCUT2D eigenvalue weighted by Crippen LogP contribution is -2.23. The molecule has 0 aliphatic carbocycles. The van der Waals surface area contributed by atoms with E-state index in [-0.39, 0.29) is 11.4 Å². The highest BCUT2D eigenvalue weighted by Crippen LogP contribution is 2.17. The van der Waals surface area contributed by atoms with Gasteiger partial charge in [-0.3, -0.25) is 9.59 Å². The van der Waals surface area contributed by atoms with Crippen LogP contribution >= 0.6 is 0 Å². The molecule has 0 saturated heterocycles. The highest BCUT2D eigenvalue weighted by molar-refractivity contribution is 6.02. The van der Waals surface area contributed by atoms with Gasteiger partial charge in [0.1, 0.15) is 0 Å². The van der Waals surface area contributed by atoms with E-state index in [0.29, 0.717) is 16.6 Å². The third kappa shape index (κ3) is 2.26. The van der Waals surface area contributed by atoms with Crippen molar-refractivity contribution in [3.8, 4) is 0 Å². The fraction of sp³-hybridized carbons (Fsp3) is 0.118. The number of carbonyl (C=O) groups is 2. The standard InChI is InChI=1S/C17H13NO4/c1-10-4-3-5-13(8-10)16(20)18-14-7-6-12(11(2)19)9-15(14)22-17(18)21/h3-9H,1-2H3. The summed E-state index contributed by atoms with van der Waals surface area (Å²) in [5, 5.41) is 0. The molecule has 0 saturated carbocycles. The van der Waals surface area contributed by atoms with Gasteiger partial charge in [-0.2, -0.15) is 0 Å². The second kappa shape index (κ2) is 5.11. The Morgan fingerprint density at radius 2 is 1.82 bits per heavy atom. The number of hydrogen-bond acceptors (Lipinski definition) is 4. The van der Waals surface area contributed by atoms with Gasteiger partial charge in [-0.05, 0) is 44.2 Å². The van der Waals surface area contributed by atoms with E-state index >= 15 is 0 Å². The maximum atomic E-state index is 12.5. The predicted molar refractivity (Wildman–Crippen MR) is 81.4 cm³/mol. The Labute approximate surface area is 125 Å². The van der Waals surface area contributed by atoms with E-state index in [0.717, 1.165) is 10.1 Å². The van der Waals surface area contributed by atoms with Crippen molar-refractivity contribution in [1.29, 1.82) is 0 Å². The van der Waals surface area contributed by atoms with Crippen LogP contribution in [-0.2, 0) is 0 Å². The normalized spacial score (nSPS) is 10.8. The zero-order valence-corrected chi connectivity index (χ0v) is 12.1. The molecular formula is C17H13NO4. The van der Waals surface area contributed by atoms with Crippen molar-refractivity contribution in [3.05, 3.63) is 69.7 Å². The van der Waals surface area contributed by atoms with E-state index in [1.807, 2.05) is 13.0 Å². The summed E-state index contributed by atoms with van der Waals surface area (Å²) in [6.07, 6.45) is 0. The highest BCUT2D eigenvalue weighted by Gasteiger charge is 2.18. The van der Waals surface area contributed by atoms with E-state index in [1.165, 1.54) is 13.0 Å². The van der Waals surface area contributed by atoms with Crippen LogP contribution in [-0.4, -0.2) is 16.3 Å². The second-order valence-corrected chi connectivity index (χ2v) is 5.12. The predicted octanol–water partition coefficient (Wildman–Crippen LogP) is 2.79. The van der Waals surface area contributed by atoms with Gasteiger partial charge in [0.2, 0.25) is 0 Å². The number of Topliss-reactive ketones (excluding diaryl/α,β-unsaturated/α-hetero) is 1. The molecule has 3 aromatic rings. The molecule has 1 aromatic heterocycles. The molecule has 2 aromatic carbocycles. The van der Waals surface area contributed by atoms with Gasteiger partial charge >= 0.3 is 5.76 Å². The zero-order valence-electron chi connectivity index (χ0n) is 12.1. The van der Waals surface area contributed by atoms with Crippen LogP contribution in [0.2, 0.25) is 0 Å². The molecule has 0 fully saturated rings. The first-order chi connectivity index (χ1) is 10.5. The van der Waals surface area contributed by atoms with Crippen LogP contribution in [0.15, 0.2) is 51.7 Å². The maximum Gasteiger partial charge on any atom is 0.427 e. The summed E-state index contributed by atoms with van der Waals surface area (Å²) in [6.45, 7) is 3.29. The van der Waals surface area contributed by atoms with Gasteiger partial charge in [-0.15, -0.1) is 0 Å². The molecule has 5 heteroatoms. The quantitative estimate of drug-likeness (QED) is 0.682. The van der Waals surface area contributed by atoms with Crippen LogP contribution in [0.25, 0.3) is 11.1 Å². The second-order valence-electron chi connectivity index (χ2n) is 5.12. The fourth-order valence-corrected chi connectivity index (χ4v) is 2.34. The first kappa shape index (κ1) is 14.0. The Hall–Kier alpha value is -2.95. The lowest BCUT2D eigenvalue weighted by Gasteiger charge is -2.02. The van der Waals surface area contributed by atoms with Crippen LogP contribution in [0.1, 0.15) is 33.2 Å². The molecule has 0 N–H and O–H groups in total. The lowest BCUT2D eigenvalue weighted by atomic mass is 10.1. The zero-order chi connectivity index (χ0) is 15.9. The molecular weight excluding hydrogens is 282 g/mol. The average molecular weight is 295 g/mol. The Morgan fingerprint density at radius 3 is 2.50 bits per heavy atom. The first-order valence-corrected chi connectivity index (χ1v) is 6.75. The van der Waals surface area contributed by atoms with Crippen LogP contribution in [0.3, 0.4) is 0 Å². The minimum Gasteiger partial charge on any atom is -0.407 e. The van der Waals surface area contributed by atoms with Crippen molar-refractivity contribution in [2.45, 2.75) is 13.8 Å². The maximum absolute atomic E-state index is 12.5. The number of nitrogens with zero attached hydrogens (tertiary/aromatic N) is 1. The number of aromatic nitrogens is 1. The largest absolute Gasteiger partial charge is 0.427 e. The summed E-state index contributed by atoms with van der Waals surface area (Å²) >= 11 is 0. The monoisotopic (exact) mass is 295 g/mol. The summed E-state index contributed by atoms with van der Waals surface area (Å²) < 4.78 is 6.08. The number of carbonyl (C=O) groups excluding carboxylic acids is 2. The molecule has 0 aliphatic heterocycles. The lowest BCUT2D eigenvalue weighted by molar-refractivity contribution is 0.0955. The van der Waals surface area contributed by atoms with Gasteiger partial charge in [0.25, 0.3) is 5.91 Å². The summed E-state index contributed by atoms with van der Waals surface area (Å²) in [5.41, 5.74) is 2.32. The van der Waals surface area contributed by atoms with Crippen LogP contribution in [0.5, 0.6) is 0 Å².